The minimum absolute atomic E-state index is 0.383. The van der Waals surface area contributed by atoms with Crippen molar-refractivity contribution in [3.63, 3.8) is 0 Å². The van der Waals surface area contributed by atoms with E-state index >= 15 is 0 Å². The molecule has 2 N–H and O–H groups in total. The molecule has 0 spiro atoms. The molecule has 0 aliphatic carbocycles. The summed E-state index contributed by atoms with van der Waals surface area (Å²) in [6.45, 7) is 7.21. The number of halogens is 1. The fourth-order valence-corrected chi connectivity index (χ4v) is 2.39. The van der Waals surface area contributed by atoms with Crippen LogP contribution in [-0.2, 0) is 0 Å². The second-order valence-corrected chi connectivity index (χ2v) is 4.84. The SMILES string of the molecule is CCC(CC)c1ccc(C(C)CN)cc1Cl. The van der Waals surface area contributed by atoms with Crippen molar-refractivity contribution >= 4 is 11.6 Å². The second-order valence-electron chi connectivity index (χ2n) is 4.43. The quantitative estimate of drug-likeness (QED) is 0.814. The normalized spacial score (nSPS) is 13.1. The predicted octanol–water partition coefficient (Wildman–Crippen LogP) is 4.31. The largest absolute Gasteiger partial charge is 0.330 e. The van der Waals surface area contributed by atoms with E-state index in [2.05, 4.69) is 39.0 Å². The van der Waals surface area contributed by atoms with Crippen LogP contribution in [0.4, 0.5) is 0 Å². The Bertz CT molecular complexity index is 332. The third kappa shape index (κ3) is 2.99. The lowest BCUT2D eigenvalue weighted by molar-refractivity contribution is 0.641. The van der Waals surface area contributed by atoms with Crippen LogP contribution in [0, 0.1) is 0 Å². The summed E-state index contributed by atoms with van der Waals surface area (Å²) in [7, 11) is 0. The van der Waals surface area contributed by atoms with Crippen LogP contribution in [0.25, 0.3) is 0 Å². The Morgan fingerprint density at radius 1 is 1.25 bits per heavy atom. The summed E-state index contributed by atoms with van der Waals surface area (Å²) in [6.07, 6.45) is 2.28. The molecule has 0 aliphatic rings. The highest BCUT2D eigenvalue weighted by Gasteiger charge is 2.12. The van der Waals surface area contributed by atoms with E-state index in [1.807, 2.05) is 0 Å². The predicted molar refractivity (Wildman–Crippen MR) is 72.2 cm³/mol. The van der Waals surface area contributed by atoms with E-state index in [9.17, 15) is 0 Å². The van der Waals surface area contributed by atoms with Gasteiger partial charge in [0.15, 0.2) is 0 Å². The fourth-order valence-electron chi connectivity index (χ4n) is 2.05. The fraction of sp³-hybridized carbons (Fsp3) is 0.571. The van der Waals surface area contributed by atoms with Crippen molar-refractivity contribution in [2.45, 2.75) is 45.4 Å². The average Bonchev–Trinajstić information content (AvgIpc) is 2.31. The molecule has 1 rings (SSSR count). The monoisotopic (exact) mass is 239 g/mol. The first-order valence-corrected chi connectivity index (χ1v) is 6.51. The lowest BCUT2D eigenvalue weighted by atomic mass is 9.91. The van der Waals surface area contributed by atoms with Gasteiger partial charge in [-0.1, -0.05) is 44.5 Å². The van der Waals surface area contributed by atoms with E-state index in [0.717, 1.165) is 17.9 Å². The summed E-state index contributed by atoms with van der Waals surface area (Å²) in [5.74, 6) is 0.961. The number of rotatable bonds is 5. The molecular formula is C14H22ClN. The molecule has 16 heavy (non-hydrogen) atoms. The van der Waals surface area contributed by atoms with E-state index in [1.165, 1.54) is 11.1 Å². The molecule has 0 bridgehead atoms. The van der Waals surface area contributed by atoms with Gasteiger partial charge in [-0.3, -0.25) is 0 Å². The molecule has 0 saturated heterocycles. The van der Waals surface area contributed by atoms with E-state index in [4.69, 9.17) is 17.3 Å². The van der Waals surface area contributed by atoms with Crippen molar-refractivity contribution in [1.82, 2.24) is 0 Å². The van der Waals surface area contributed by atoms with Gasteiger partial charge in [0.1, 0.15) is 0 Å². The van der Waals surface area contributed by atoms with Gasteiger partial charge in [0.05, 0.1) is 0 Å². The first-order chi connectivity index (χ1) is 7.63. The third-order valence-electron chi connectivity index (χ3n) is 3.37. The van der Waals surface area contributed by atoms with Crippen LogP contribution in [0.3, 0.4) is 0 Å². The molecule has 1 aromatic rings. The Labute approximate surface area is 104 Å². The second kappa shape index (κ2) is 6.27. The van der Waals surface area contributed by atoms with Gasteiger partial charge in [-0.15, -0.1) is 0 Å². The smallest absolute Gasteiger partial charge is 0.0443 e. The highest BCUT2D eigenvalue weighted by molar-refractivity contribution is 6.31. The van der Waals surface area contributed by atoms with Crippen molar-refractivity contribution in [3.8, 4) is 0 Å². The van der Waals surface area contributed by atoms with E-state index in [-0.39, 0.29) is 0 Å². The highest BCUT2D eigenvalue weighted by Crippen LogP contribution is 2.31. The molecule has 0 radical (unpaired) electrons. The zero-order chi connectivity index (χ0) is 12.1. The Morgan fingerprint density at radius 3 is 2.31 bits per heavy atom. The van der Waals surface area contributed by atoms with Crippen LogP contribution in [0.2, 0.25) is 5.02 Å². The Balaban J connectivity index is 2.99. The molecule has 0 fully saturated rings. The van der Waals surface area contributed by atoms with E-state index in [0.29, 0.717) is 18.4 Å². The molecule has 0 saturated carbocycles. The summed E-state index contributed by atoms with van der Waals surface area (Å²) in [5, 5.41) is 0.895. The number of hydrogen-bond donors (Lipinski definition) is 1. The van der Waals surface area contributed by atoms with Gasteiger partial charge in [0, 0.05) is 5.02 Å². The van der Waals surface area contributed by atoms with Crippen molar-refractivity contribution < 1.29 is 0 Å². The van der Waals surface area contributed by atoms with Gasteiger partial charge in [-0.05, 0) is 48.4 Å². The summed E-state index contributed by atoms with van der Waals surface area (Å²) >= 11 is 6.34. The Hall–Kier alpha value is -0.530. The van der Waals surface area contributed by atoms with E-state index in [1.54, 1.807) is 0 Å². The molecule has 90 valence electrons. The summed E-state index contributed by atoms with van der Waals surface area (Å²) in [6, 6.07) is 6.41. The molecule has 0 heterocycles. The summed E-state index contributed by atoms with van der Waals surface area (Å²) < 4.78 is 0. The molecule has 0 aliphatic heterocycles. The highest BCUT2D eigenvalue weighted by atomic mass is 35.5. The number of benzene rings is 1. The number of hydrogen-bond acceptors (Lipinski definition) is 1. The minimum Gasteiger partial charge on any atom is -0.330 e. The standard InChI is InChI=1S/C14H22ClN/c1-4-11(5-2)13-7-6-12(8-14(13)15)10(3)9-16/h6-8,10-11H,4-5,9,16H2,1-3H3. The molecule has 0 amide bonds. The molecular weight excluding hydrogens is 218 g/mol. The maximum absolute atomic E-state index is 6.34. The Morgan fingerprint density at radius 2 is 1.88 bits per heavy atom. The zero-order valence-electron chi connectivity index (χ0n) is 10.5. The Kier molecular flexibility index (Phi) is 5.30. The van der Waals surface area contributed by atoms with Crippen LogP contribution < -0.4 is 5.73 Å². The van der Waals surface area contributed by atoms with Gasteiger partial charge in [0.2, 0.25) is 0 Å². The van der Waals surface area contributed by atoms with Crippen LogP contribution in [0.5, 0.6) is 0 Å². The summed E-state index contributed by atoms with van der Waals surface area (Å²) in [5.41, 5.74) is 8.18. The molecule has 1 unspecified atom stereocenters. The summed E-state index contributed by atoms with van der Waals surface area (Å²) in [4.78, 5) is 0. The van der Waals surface area contributed by atoms with Gasteiger partial charge in [0.25, 0.3) is 0 Å². The van der Waals surface area contributed by atoms with Crippen molar-refractivity contribution in [2.75, 3.05) is 6.54 Å². The topological polar surface area (TPSA) is 26.0 Å². The van der Waals surface area contributed by atoms with Gasteiger partial charge in [-0.25, -0.2) is 0 Å². The van der Waals surface area contributed by atoms with Crippen LogP contribution >= 0.6 is 11.6 Å². The van der Waals surface area contributed by atoms with Crippen molar-refractivity contribution in [3.05, 3.63) is 34.3 Å². The molecule has 2 heteroatoms. The molecule has 1 nitrogen and oxygen atoms in total. The maximum Gasteiger partial charge on any atom is 0.0443 e. The van der Waals surface area contributed by atoms with Gasteiger partial charge in [-0.2, -0.15) is 0 Å². The molecule has 1 aromatic carbocycles. The molecule has 1 atom stereocenters. The van der Waals surface area contributed by atoms with Crippen LogP contribution in [0.15, 0.2) is 18.2 Å². The molecule has 0 aromatic heterocycles. The van der Waals surface area contributed by atoms with Crippen LogP contribution in [-0.4, -0.2) is 6.54 Å². The van der Waals surface area contributed by atoms with Crippen molar-refractivity contribution in [2.24, 2.45) is 5.73 Å². The average molecular weight is 240 g/mol. The van der Waals surface area contributed by atoms with E-state index < -0.39 is 0 Å². The lowest BCUT2D eigenvalue weighted by Crippen LogP contribution is -2.09. The van der Waals surface area contributed by atoms with Gasteiger partial charge < -0.3 is 5.73 Å². The third-order valence-corrected chi connectivity index (χ3v) is 3.70. The van der Waals surface area contributed by atoms with Crippen LogP contribution in [0.1, 0.15) is 56.6 Å². The maximum atomic E-state index is 6.34. The zero-order valence-corrected chi connectivity index (χ0v) is 11.2. The lowest BCUT2D eigenvalue weighted by Gasteiger charge is -2.17. The van der Waals surface area contributed by atoms with Crippen molar-refractivity contribution in [1.29, 1.82) is 0 Å². The first kappa shape index (κ1) is 13.5. The first-order valence-electron chi connectivity index (χ1n) is 6.13. The minimum atomic E-state index is 0.383. The number of nitrogens with two attached hydrogens (primary N) is 1. The van der Waals surface area contributed by atoms with Gasteiger partial charge >= 0.3 is 0 Å².